The Bertz CT molecular complexity index is 570. The monoisotopic (exact) mass is 667 g/mol. The van der Waals surface area contributed by atoms with Crippen molar-refractivity contribution in [2.45, 2.75) is 232 Å². The Morgan fingerprint density at radius 3 is 0.745 bits per heavy atom. The number of carbonyl (C=O) groups is 2. The molecule has 0 rings (SSSR count). The molecule has 0 aromatic heterocycles. The number of hydrogen-bond donors (Lipinski definition) is 0. The van der Waals surface area contributed by atoms with Gasteiger partial charge in [0, 0.05) is 12.8 Å². The first-order valence-corrected chi connectivity index (χ1v) is 21.1. The zero-order valence-electron chi connectivity index (χ0n) is 31.9. The lowest BCUT2D eigenvalue weighted by molar-refractivity contribution is -0.146. The second-order valence-corrected chi connectivity index (χ2v) is 14.2. The van der Waals surface area contributed by atoms with E-state index >= 15 is 0 Å². The van der Waals surface area contributed by atoms with E-state index in [1.807, 2.05) is 0 Å². The maximum absolute atomic E-state index is 11.9. The highest BCUT2D eigenvalue weighted by Gasteiger charge is 2.05. The van der Waals surface area contributed by atoms with E-state index in [4.69, 9.17) is 14.2 Å². The van der Waals surface area contributed by atoms with Gasteiger partial charge in [-0.15, -0.1) is 0 Å². The van der Waals surface area contributed by atoms with Crippen LogP contribution >= 0.6 is 0 Å². The summed E-state index contributed by atoms with van der Waals surface area (Å²) < 4.78 is 16.0. The van der Waals surface area contributed by atoms with E-state index in [2.05, 4.69) is 13.8 Å². The second-order valence-electron chi connectivity index (χ2n) is 14.2. The van der Waals surface area contributed by atoms with Gasteiger partial charge in [0.1, 0.15) is 13.2 Å². The summed E-state index contributed by atoms with van der Waals surface area (Å²) in [6, 6.07) is 0. The minimum Gasteiger partial charge on any atom is -0.463 e. The second kappa shape index (κ2) is 41.1. The largest absolute Gasteiger partial charge is 0.463 e. The lowest BCUT2D eigenvalue weighted by Gasteiger charge is -2.07. The lowest BCUT2D eigenvalue weighted by atomic mass is 10.0. The zero-order chi connectivity index (χ0) is 34.1. The summed E-state index contributed by atoms with van der Waals surface area (Å²) in [6.45, 7) is 5.79. The van der Waals surface area contributed by atoms with Crippen molar-refractivity contribution in [3.63, 3.8) is 0 Å². The zero-order valence-corrected chi connectivity index (χ0v) is 31.9. The summed E-state index contributed by atoms with van der Waals surface area (Å²) in [5.74, 6) is -0.270. The third-order valence-electron chi connectivity index (χ3n) is 9.45. The quantitative estimate of drug-likeness (QED) is 0.0481. The molecule has 0 amide bonds. The molecule has 0 saturated heterocycles. The van der Waals surface area contributed by atoms with E-state index in [1.54, 1.807) is 0 Å². The van der Waals surface area contributed by atoms with Crippen LogP contribution in [0.2, 0.25) is 0 Å². The van der Waals surface area contributed by atoms with E-state index in [0.29, 0.717) is 26.1 Å². The van der Waals surface area contributed by atoms with Gasteiger partial charge in [-0.25, -0.2) is 0 Å². The van der Waals surface area contributed by atoms with Crippen LogP contribution in [0.25, 0.3) is 0 Å². The van der Waals surface area contributed by atoms with Gasteiger partial charge in [0.2, 0.25) is 0 Å². The molecule has 0 N–H and O–H groups in total. The average molecular weight is 667 g/mol. The molecule has 0 aromatic rings. The van der Waals surface area contributed by atoms with Gasteiger partial charge in [0.05, 0.1) is 13.2 Å². The summed E-state index contributed by atoms with van der Waals surface area (Å²) in [5, 5.41) is 0. The molecule has 0 spiro atoms. The van der Waals surface area contributed by atoms with Crippen LogP contribution in [0.4, 0.5) is 0 Å². The van der Waals surface area contributed by atoms with E-state index in [1.165, 1.54) is 180 Å². The molecule has 0 aromatic carbocycles. The number of hydrogen-bond acceptors (Lipinski definition) is 5. The molecule has 5 heteroatoms. The Kier molecular flexibility index (Phi) is 40.1. The summed E-state index contributed by atoms with van der Waals surface area (Å²) in [7, 11) is 0. The number of carbonyl (C=O) groups excluding carboxylic acids is 2. The van der Waals surface area contributed by atoms with Crippen LogP contribution in [0.15, 0.2) is 0 Å². The van der Waals surface area contributed by atoms with Gasteiger partial charge in [0.25, 0.3) is 0 Å². The summed E-state index contributed by atoms with van der Waals surface area (Å²) >= 11 is 0. The lowest BCUT2D eigenvalue weighted by Crippen LogP contribution is -2.14. The molecule has 0 fully saturated rings. The van der Waals surface area contributed by atoms with Crippen LogP contribution in [-0.2, 0) is 23.8 Å². The summed E-state index contributed by atoms with van der Waals surface area (Å²) in [5.41, 5.74) is 0. The van der Waals surface area contributed by atoms with E-state index in [0.717, 1.165) is 25.7 Å². The molecular weight excluding hydrogens is 584 g/mol. The van der Waals surface area contributed by atoms with Gasteiger partial charge >= 0.3 is 11.9 Å². The molecular formula is C42H82O5. The van der Waals surface area contributed by atoms with E-state index in [-0.39, 0.29) is 25.2 Å². The highest BCUT2D eigenvalue weighted by Crippen LogP contribution is 2.16. The molecule has 0 aliphatic carbocycles. The fourth-order valence-electron chi connectivity index (χ4n) is 6.31. The molecule has 0 heterocycles. The number of unbranched alkanes of at least 4 members (excludes halogenated alkanes) is 30. The van der Waals surface area contributed by atoms with Gasteiger partial charge in [-0.05, 0) is 12.8 Å². The highest BCUT2D eigenvalue weighted by atomic mass is 16.6. The molecule has 47 heavy (non-hydrogen) atoms. The van der Waals surface area contributed by atoms with Crippen molar-refractivity contribution in [1.29, 1.82) is 0 Å². The Hall–Kier alpha value is -1.10. The van der Waals surface area contributed by atoms with Crippen molar-refractivity contribution in [3.8, 4) is 0 Å². The van der Waals surface area contributed by atoms with Crippen LogP contribution in [0.5, 0.6) is 0 Å². The fraction of sp³-hybridized carbons (Fsp3) is 0.952. The first kappa shape index (κ1) is 45.9. The molecule has 0 saturated carbocycles. The molecule has 280 valence electrons. The molecule has 0 unspecified atom stereocenters. The first-order chi connectivity index (χ1) is 23.2. The number of rotatable bonds is 40. The summed E-state index contributed by atoms with van der Waals surface area (Å²) in [4.78, 5) is 23.8. The third-order valence-corrected chi connectivity index (χ3v) is 9.45. The normalized spacial score (nSPS) is 11.3. The summed E-state index contributed by atoms with van der Waals surface area (Å²) in [6.07, 6.45) is 43.5. The van der Waals surface area contributed by atoms with Crippen LogP contribution in [0.1, 0.15) is 232 Å². The average Bonchev–Trinajstić information content (AvgIpc) is 3.07. The highest BCUT2D eigenvalue weighted by molar-refractivity contribution is 5.69. The molecule has 0 aliphatic heterocycles. The van der Waals surface area contributed by atoms with Gasteiger partial charge in [-0.1, -0.05) is 206 Å². The smallest absolute Gasteiger partial charge is 0.305 e. The SMILES string of the molecule is CCCCCCCCCCCCCCCCCCC(=O)OCCOCCOC(=O)CCCCCCCCCCCCCCCCCC. The van der Waals surface area contributed by atoms with Crippen molar-refractivity contribution in [2.24, 2.45) is 0 Å². The van der Waals surface area contributed by atoms with Gasteiger partial charge in [-0.3, -0.25) is 9.59 Å². The van der Waals surface area contributed by atoms with E-state index in [9.17, 15) is 9.59 Å². The maximum atomic E-state index is 11.9. The van der Waals surface area contributed by atoms with Crippen LogP contribution in [0, 0.1) is 0 Å². The van der Waals surface area contributed by atoms with Crippen LogP contribution < -0.4 is 0 Å². The van der Waals surface area contributed by atoms with Crippen molar-refractivity contribution in [2.75, 3.05) is 26.4 Å². The van der Waals surface area contributed by atoms with Crippen LogP contribution in [0.3, 0.4) is 0 Å². The van der Waals surface area contributed by atoms with Gasteiger partial charge in [0.15, 0.2) is 0 Å². The number of esters is 2. The molecule has 5 nitrogen and oxygen atoms in total. The van der Waals surface area contributed by atoms with Crippen molar-refractivity contribution >= 4 is 11.9 Å². The standard InChI is InChI=1S/C42H82O5/c1-3-5-7-9-11-13-15-17-19-21-23-25-27-29-31-33-35-41(43)46-39-37-45-38-40-47-42(44)36-34-32-30-28-26-24-22-20-18-16-14-12-10-8-6-4-2/h3-40H2,1-2H3. The van der Waals surface area contributed by atoms with E-state index < -0.39 is 0 Å². The van der Waals surface area contributed by atoms with Crippen molar-refractivity contribution in [3.05, 3.63) is 0 Å². The first-order valence-electron chi connectivity index (χ1n) is 21.1. The maximum Gasteiger partial charge on any atom is 0.305 e. The molecule has 0 aliphatic rings. The predicted octanol–water partition coefficient (Wildman–Crippen LogP) is 13.4. The minimum absolute atomic E-state index is 0.135. The third kappa shape index (κ3) is 41.0. The van der Waals surface area contributed by atoms with Gasteiger partial charge < -0.3 is 14.2 Å². The van der Waals surface area contributed by atoms with Crippen LogP contribution in [-0.4, -0.2) is 38.4 Å². The topological polar surface area (TPSA) is 61.8 Å². The molecule has 0 bridgehead atoms. The minimum atomic E-state index is -0.135. The Morgan fingerprint density at radius 2 is 0.511 bits per heavy atom. The van der Waals surface area contributed by atoms with Crippen molar-refractivity contribution in [1.82, 2.24) is 0 Å². The molecule has 0 radical (unpaired) electrons. The van der Waals surface area contributed by atoms with Gasteiger partial charge in [-0.2, -0.15) is 0 Å². The number of ether oxygens (including phenoxy) is 3. The Labute approximate surface area is 293 Å². The Balaban J connectivity index is 3.24. The molecule has 0 atom stereocenters. The van der Waals surface area contributed by atoms with Crippen molar-refractivity contribution < 1.29 is 23.8 Å². The fourth-order valence-corrected chi connectivity index (χ4v) is 6.31. The predicted molar refractivity (Wildman–Crippen MR) is 201 cm³/mol. The Morgan fingerprint density at radius 1 is 0.298 bits per heavy atom.